The fourth-order valence-electron chi connectivity index (χ4n) is 2.17. The molecule has 1 atom stereocenters. The van der Waals surface area contributed by atoms with E-state index in [0.29, 0.717) is 6.04 Å². The Kier molecular flexibility index (Phi) is 4.76. The first-order valence-corrected chi connectivity index (χ1v) is 7.26. The zero-order valence-corrected chi connectivity index (χ0v) is 11.3. The lowest BCUT2D eigenvalue weighted by atomic mass is 10.2. The van der Waals surface area contributed by atoms with E-state index in [2.05, 4.69) is 21.7 Å². The molecule has 0 bridgehead atoms. The summed E-state index contributed by atoms with van der Waals surface area (Å²) in [4.78, 5) is 9.28. The van der Waals surface area contributed by atoms with Crippen LogP contribution in [0.5, 0.6) is 0 Å². The van der Waals surface area contributed by atoms with Crippen LogP contribution in [0.15, 0.2) is 11.6 Å². The molecule has 1 aliphatic heterocycles. The van der Waals surface area contributed by atoms with E-state index in [9.17, 15) is 0 Å². The van der Waals surface area contributed by atoms with Crippen molar-refractivity contribution in [3.05, 3.63) is 11.6 Å². The van der Waals surface area contributed by atoms with Crippen molar-refractivity contribution in [1.29, 1.82) is 0 Å². The number of rotatable bonds is 5. The van der Waals surface area contributed by atoms with Crippen molar-refractivity contribution in [2.45, 2.75) is 25.8 Å². The van der Waals surface area contributed by atoms with Gasteiger partial charge in [-0.1, -0.05) is 0 Å². The van der Waals surface area contributed by atoms with E-state index >= 15 is 0 Å². The van der Waals surface area contributed by atoms with Crippen LogP contribution in [-0.2, 0) is 0 Å². The second-order valence-electron chi connectivity index (χ2n) is 4.76. The fourth-order valence-corrected chi connectivity index (χ4v) is 2.87. The van der Waals surface area contributed by atoms with Crippen molar-refractivity contribution in [1.82, 2.24) is 9.88 Å². The van der Waals surface area contributed by atoms with Crippen molar-refractivity contribution < 1.29 is 0 Å². The molecule has 1 aromatic rings. The number of nitrogens with zero attached hydrogens (tertiary/aromatic N) is 3. The van der Waals surface area contributed by atoms with Gasteiger partial charge < -0.3 is 10.6 Å². The van der Waals surface area contributed by atoms with Crippen LogP contribution in [-0.4, -0.2) is 48.6 Å². The molecule has 1 fully saturated rings. The number of hydrogen-bond acceptors (Lipinski definition) is 5. The predicted molar refractivity (Wildman–Crippen MR) is 73.7 cm³/mol. The number of nitrogens with two attached hydrogens (primary N) is 1. The SMILES string of the molecule is CC(N)CCCN1CCN(c2nccs2)CC1. The summed E-state index contributed by atoms with van der Waals surface area (Å²) in [6.07, 6.45) is 4.23. The second kappa shape index (κ2) is 6.33. The topological polar surface area (TPSA) is 45.4 Å². The number of anilines is 1. The highest BCUT2D eigenvalue weighted by molar-refractivity contribution is 7.13. The maximum Gasteiger partial charge on any atom is 0.185 e. The van der Waals surface area contributed by atoms with Crippen LogP contribution in [0.1, 0.15) is 19.8 Å². The normalized spacial score (nSPS) is 19.5. The molecule has 2 N–H and O–H groups in total. The van der Waals surface area contributed by atoms with Crippen molar-refractivity contribution in [2.75, 3.05) is 37.6 Å². The lowest BCUT2D eigenvalue weighted by Crippen LogP contribution is -2.46. The standard InChI is InChI=1S/C12H22N4S/c1-11(13)3-2-5-15-6-8-16(9-7-15)12-14-4-10-17-12/h4,10-11H,2-3,5-9,13H2,1H3. The van der Waals surface area contributed by atoms with E-state index in [-0.39, 0.29) is 0 Å². The Balaban J connectivity index is 1.68. The average molecular weight is 254 g/mol. The molecule has 2 heterocycles. The molecule has 17 heavy (non-hydrogen) atoms. The molecule has 0 aliphatic carbocycles. The van der Waals surface area contributed by atoms with Gasteiger partial charge in [-0.05, 0) is 26.3 Å². The zero-order valence-electron chi connectivity index (χ0n) is 10.5. The van der Waals surface area contributed by atoms with Crippen LogP contribution in [0.25, 0.3) is 0 Å². The maximum absolute atomic E-state index is 5.76. The summed E-state index contributed by atoms with van der Waals surface area (Å²) in [7, 11) is 0. The molecule has 1 aliphatic rings. The monoisotopic (exact) mass is 254 g/mol. The Morgan fingerprint density at radius 2 is 2.18 bits per heavy atom. The molecule has 1 unspecified atom stereocenters. The van der Waals surface area contributed by atoms with Gasteiger partial charge in [0.1, 0.15) is 0 Å². The lowest BCUT2D eigenvalue weighted by Gasteiger charge is -2.34. The van der Waals surface area contributed by atoms with Gasteiger partial charge in [0.05, 0.1) is 0 Å². The van der Waals surface area contributed by atoms with Gasteiger partial charge in [0.2, 0.25) is 0 Å². The van der Waals surface area contributed by atoms with Crippen LogP contribution in [0, 0.1) is 0 Å². The van der Waals surface area contributed by atoms with Gasteiger partial charge in [-0.15, -0.1) is 11.3 Å². The van der Waals surface area contributed by atoms with Crippen molar-refractivity contribution in [3.63, 3.8) is 0 Å². The lowest BCUT2D eigenvalue weighted by molar-refractivity contribution is 0.251. The molecule has 0 aromatic carbocycles. The summed E-state index contributed by atoms with van der Waals surface area (Å²) in [5.74, 6) is 0. The summed E-state index contributed by atoms with van der Waals surface area (Å²) in [6.45, 7) is 7.78. The van der Waals surface area contributed by atoms with Gasteiger partial charge >= 0.3 is 0 Å². The molecular formula is C12H22N4S. The third-order valence-corrected chi connectivity index (χ3v) is 4.03. The molecule has 0 saturated carbocycles. The number of aromatic nitrogens is 1. The van der Waals surface area contributed by atoms with Crippen LogP contribution in [0.3, 0.4) is 0 Å². The first-order valence-electron chi connectivity index (χ1n) is 6.38. The largest absolute Gasteiger partial charge is 0.346 e. The minimum absolute atomic E-state index is 0.339. The van der Waals surface area contributed by atoms with Gasteiger partial charge in [-0.2, -0.15) is 0 Å². The van der Waals surface area contributed by atoms with Gasteiger partial charge in [0.15, 0.2) is 5.13 Å². The highest BCUT2D eigenvalue weighted by atomic mass is 32.1. The molecule has 4 nitrogen and oxygen atoms in total. The van der Waals surface area contributed by atoms with Gasteiger partial charge in [0, 0.05) is 43.8 Å². The quantitative estimate of drug-likeness (QED) is 0.862. The van der Waals surface area contributed by atoms with Gasteiger partial charge in [-0.25, -0.2) is 4.98 Å². The Bertz CT molecular complexity index is 304. The smallest absolute Gasteiger partial charge is 0.185 e. The Hall–Kier alpha value is -0.650. The molecule has 0 radical (unpaired) electrons. The zero-order chi connectivity index (χ0) is 12.1. The third-order valence-electron chi connectivity index (χ3n) is 3.20. The molecule has 2 rings (SSSR count). The third kappa shape index (κ3) is 3.94. The van der Waals surface area contributed by atoms with E-state index in [4.69, 9.17) is 5.73 Å². The second-order valence-corrected chi connectivity index (χ2v) is 5.64. The Morgan fingerprint density at radius 1 is 1.41 bits per heavy atom. The summed E-state index contributed by atoms with van der Waals surface area (Å²) in [6, 6.07) is 0.339. The predicted octanol–water partition coefficient (Wildman–Crippen LogP) is 1.39. The molecule has 5 heteroatoms. The average Bonchev–Trinajstić information content (AvgIpc) is 2.83. The summed E-state index contributed by atoms with van der Waals surface area (Å²) >= 11 is 1.73. The van der Waals surface area contributed by atoms with Crippen molar-refractivity contribution in [3.8, 4) is 0 Å². The molecule has 1 saturated heterocycles. The van der Waals surface area contributed by atoms with E-state index in [1.165, 1.54) is 18.1 Å². The molecule has 0 spiro atoms. The van der Waals surface area contributed by atoms with Crippen LogP contribution in [0.4, 0.5) is 5.13 Å². The fraction of sp³-hybridized carbons (Fsp3) is 0.750. The number of hydrogen-bond donors (Lipinski definition) is 1. The molecular weight excluding hydrogens is 232 g/mol. The summed E-state index contributed by atoms with van der Waals surface area (Å²) < 4.78 is 0. The minimum atomic E-state index is 0.339. The molecule has 96 valence electrons. The molecule has 1 aromatic heterocycles. The van der Waals surface area contributed by atoms with E-state index in [0.717, 1.165) is 32.6 Å². The first-order chi connectivity index (χ1) is 8.25. The minimum Gasteiger partial charge on any atom is -0.346 e. The highest BCUT2D eigenvalue weighted by Crippen LogP contribution is 2.18. The van der Waals surface area contributed by atoms with Crippen molar-refractivity contribution in [2.24, 2.45) is 5.73 Å². The van der Waals surface area contributed by atoms with E-state index in [1.54, 1.807) is 11.3 Å². The Labute approximate surface area is 107 Å². The highest BCUT2D eigenvalue weighted by Gasteiger charge is 2.17. The van der Waals surface area contributed by atoms with Crippen LogP contribution in [0.2, 0.25) is 0 Å². The number of piperazine rings is 1. The van der Waals surface area contributed by atoms with E-state index in [1.807, 2.05) is 11.6 Å². The van der Waals surface area contributed by atoms with Crippen molar-refractivity contribution >= 4 is 16.5 Å². The first kappa shape index (κ1) is 12.8. The molecule has 0 amide bonds. The van der Waals surface area contributed by atoms with Crippen LogP contribution < -0.4 is 10.6 Å². The Morgan fingerprint density at radius 3 is 2.76 bits per heavy atom. The van der Waals surface area contributed by atoms with E-state index < -0.39 is 0 Å². The maximum atomic E-state index is 5.76. The summed E-state index contributed by atoms with van der Waals surface area (Å²) in [5, 5.41) is 3.21. The van der Waals surface area contributed by atoms with Crippen LogP contribution >= 0.6 is 11.3 Å². The summed E-state index contributed by atoms with van der Waals surface area (Å²) in [5.41, 5.74) is 5.76. The number of thiazole rings is 1. The van der Waals surface area contributed by atoms with Gasteiger partial charge in [0.25, 0.3) is 0 Å². The van der Waals surface area contributed by atoms with Gasteiger partial charge in [-0.3, -0.25) is 4.90 Å².